The first-order valence-electron chi connectivity index (χ1n) is 9.18. The molecule has 0 aliphatic carbocycles. The number of fused-ring (bicyclic) bond motifs is 1. The largest absolute Gasteiger partial charge is 0.504 e. The molecule has 0 amide bonds. The van der Waals surface area contributed by atoms with Gasteiger partial charge in [-0.05, 0) is 18.2 Å². The number of carboxylic acids is 1. The zero-order valence-corrected chi connectivity index (χ0v) is 16.7. The molecule has 160 valence electrons. The number of pyridine rings is 1. The highest BCUT2D eigenvalue weighted by molar-refractivity contribution is 6.21. The van der Waals surface area contributed by atoms with E-state index < -0.39 is 11.7 Å². The summed E-state index contributed by atoms with van der Waals surface area (Å²) in [5.74, 6) is -1.15. The number of rotatable bonds is 11. The summed E-state index contributed by atoms with van der Waals surface area (Å²) in [5, 5.41) is 20.0. The highest BCUT2D eigenvalue weighted by Crippen LogP contribution is 2.39. The number of aromatic hydroxyl groups is 1. The molecule has 0 spiro atoms. The molecule has 2 N–H and O–H groups in total. The minimum atomic E-state index is -1.30. The maximum Gasteiger partial charge on any atom is 0.345 e. The van der Waals surface area contributed by atoms with Gasteiger partial charge < -0.3 is 33.7 Å². The van der Waals surface area contributed by atoms with Crippen molar-refractivity contribution >= 4 is 35.5 Å². The zero-order valence-electron chi connectivity index (χ0n) is 16.7. The van der Waals surface area contributed by atoms with Crippen molar-refractivity contribution in [3.05, 3.63) is 35.2 Å². The van der Waals surface area contributed by atoms with Gasteiger partial charge in [-0.3, -0.25) is 0 Å². The molecule has 3 heterocycles. The highest BCUT2D eigenvalue weighted by atomic mass is 16.7. The van der Waals surface area contributed by atoms with E-state index in [1.165, 1.54) is 6.08 Å². The minimum absolute atomic E-state index is 0.0243. The number of nitrogens with zero attached hydrogens (tertiary/aromatic N) is 3. The van der Waals surface area contributed by atoms with Gasteiger partial charge in [0.1, 0.15) is 6.79 Å². The predicted molar refractivity (Wildman–Crippen MR) is 110 cm³/mol. The van der Waals surface area contributed by atoms with E-state index in [1.54, 1.807) is 37.5 Å². The third-order valence-electron chi connectivity index (χ3n) is 4.33. The number of carbonyl (C=O) groups is 1. The van der Waals surface area contributed by atoms with Gasteiger partial charge in [-0.1, -0.05) is 0 Å². The Kier molecular flexibility index (Phi) is 7.17. The number of ether oxygens (including phenoxy) is 3. The van der Waals surface area contributed by atoms with Crippen LogP contribution in [0.15, 0.2) is 27.7 Å². The van der Waals surface area contributed by atoms with Crippen molar-refractivity contribution in [1.29, 1.82) is 0 Å². The van der Waals surface area contributed by atoms with Crippen molar-refractivity contribution in [2.75, 3.05) is 52.2 Å². The van der Waals surface area contributed by atoms with Crippen molar-refractivity contribution < 1.29 is 33.6 Å². The number of carboxylic acid groups (broad SMARTS) is 1. The number of anilines is 1. The van der Waals surface area contributed by atoms with Crippen LogP contribution >= 0.6 is 0 Å². The Labute approximate surface area is 173 Å². The van der Waals surface area contributed by atoms with Crippen LogP contribution in [-0.2, 0) is 14.2 Å². The van der Waals surface area contributed by atoms with E-state index in [0.29, 0.717) is 31.1 Å². The van der Waals surface area contributed by atoms with Gasteiger partial charge in [0.25, 0.3) is 0 Å². The Bertz CT molecular complexity index is 952. The summed E-state index contributed by atoms with van der Waals surface area (Å²) in [4.78, 5) is 21.6. The van der Waals surface area contributed by atoms with Crippen LogP contribution in [0.3, 0.4) is 0 Å². The lowest BCUT2D eigenvalue weighted by Gasteiger charge is -2.16. The summed E-state index contributed by atoms with van der Waals surface area (Å²) in [7, 11) is 3.23. The van der Waals surface area contributed by atoms with Crippen LogP contribution in [0.4, 0.5) is 11.7 Å². The van der Waals surface area contributed by atoms with E-state index in [0.717, 1.165) is 5.56 Å². The maximum atomic E-state index is 11.7. The number of aliphatic imine (C=N–C) groups is 1. The summed E-state index contributed by atoms with van der Waals surface area (Å²) in [6.45, 7) is 1.58. The number of furan rings is 1. The number of methoxy groups -OCH3 is 1. The standard InChI is InChI=1S/C20H23N3O7/c1-23(6-7-28-12-29-9-8-27-2)19-16(20(25)26)17(24)15(30-19)10-13-11-22-18-14(13)4-3-5-21-18/h3-5,10-11,24H,6-9,12H2,1-2H3,(H,25,26). The molecule has 3 rings (SSSR count). The maximum absolute atomic E-state index is 11.7. The Morgan fingerprint density at radius 2 is 2.10 bits per heavy atom. The second-order valence-electron chi connectivity index (χ2n) is 6.38. The first kappa shape index (κ1) is 21.5. The van der Waals surface area contributed by atoms with Crippen molar-refractivity contribution in [3.63, 3.8) is 0 Å². The molecule has 0 saturated heterocycles. The Morgan fingerprint density at radius 1 is 1.30 bits per heavy atom. The number of allylic oxidation sites excluding steroid dienone is 1. The van der Waals surface area contributed by atoms with Gasteiger partial charge in [0.2, 0.25) is 5.88 Å². The smallest absolute Gasteiger partial charge is 0.345 e. The van der Waals surface area contributed by atoms with E-state index in [1.807, 2.05) is 6.07 Å². The fourth-order valence-electron chi connectivity index (χ4n) is 2.79. The second-order valence-corrected chi connectivity index (χ2v) is 6.38. The summed E-state index contributed by atoms with van der Waals surface area (Å²) in [6, 6.07) is 3.60. The zero-order chi connectivity index (χ0) is 21.5. The van der Waals surface area contributed by atoms with Crippen LogP contribution in [0, 0.1) is 0 Å². The monoisotopic (exact) mass is 417 g/mol. The molecule has 0 radical (unpaired) electrons. The number of aromatic carboxylic acids is 1. The average molecular weight is 417 g/mol. The van der Waals surface area contributed by atoms with Crippen LogP contribution in [0.2, 0.25) is 0 Å². The van der Waals surface area contributed by atoms with E-state index >= 15 is 0 Å². The SMILES string of the molecule is COCCOCOCCN(C)c1oc(C=C2C=Nc3ncccc32)c(O)c1C(=O)O. The van der Waals surface area contributed by atoms with E-state index in [-0.39, 0.29) is 30.6 Å². The quantitative estimate of drug-likeness (QED) is 0.418. The lowest BCUT2D eigenvalue weighted by atomic mass is 10.1. The topological polar surface area (TPSA) is 127 Å². The third-order valence-corrected chi connectivity index (χ3v) is 4.33. The van der Waals surface area contributed by atoms with Crippen LogP contribution in [0.5, 0.6) is 5.75 Å². The third kappa shape index (κ3) is 4.85. The van der Waals surface area contributed by atoms with Crippen LogP contribution < -0.4 is 4.90 Å². The van der Waals surface area contributed by atoms with Gasteiger partial charge in [-0.15, -0.1) is 0 Å². The molecule has 1 aliphatic heterocycles. The summed E-state index contributed by atoms with van der Waals surface area (Å²) in [6.07, 6.45) is 4.75. The molecular formula is C20H23N3O7. The Balaban J connectivity index is 1.72. The van der Waals surface area contributed by atoms with Crippen LogP contribution in [0.25, 0.3) is 11.6 Å². The molecule has 0 unspecified atom stereocenters. The molecule has 10 nitrogen and oxygen atoms in total. The highest BCUT2D eigenvalue weighted by Gasteiger charge is 2.27. The molecule has 1 aliphatic rings. The Hall–Kier alpha value is -3.21. The molecule has 2 aromatic heterocycles. The average Bonchev–Trinajstić information content (AvgIpc) is 3.29. The van der Waals surface area contributed by atoms with Crippen molar-refractivity contribution in [3.8, 4) is 5.75 Å². The van der Waals surface area contributed by atoms with Gasteiger partial charge in [-0.2, -0.15) is 0 Å². The van der Waals surface area contributed by atoms with Crippen molar-refractivity contribution in [2.45, 2.75) is 0 Å². The van der Waals surface area contributed by atoms with Crippen LogP contribution in [0.1, 0.15) is 21.7 Å². The van der Waals surface area contributed by atoms with Gasteiger partial charge in [0, 0.05) is 44.3 Å². The number of hydrogen-bond donors (Lipinski definition) is 2. The predicted octanol–water partition coefficient (Wildman–Crippen LogP) is 2.41. The fraction of sp³-hybridized carbons (Fsp3) is 0.350. The summed E-state index contributed by atoms with van der Waals surface area (Å²) >= 11 is 0. The van der Waals surface area contributed by atoms with E-state index in [4.69, 9.17) is 18.6 Å². The minimum Gasteiger partial charge on any atom is -0.504 e. The molecule has 0 aromatic carbocycles. The number of hydrogen-bond acceptors (Lipinski definition) is 9. The molecule has 0 bridgehead atoms. The van der Waals surface area contributed by atoms with Crippen LogP contribution in [-0.4, -0.2) is 74.7 Å². The Morgan fingerprint density at radius 3 is 2.87 bits per heavy atom. The molecule has 2 aromatic rings. The molecular weight excluding hydrogens is 394 g/mol. The van der Waals surface area contributed by atoms with E-state index in [2.05, 4.69) is 9.98 Å². The lowest BCUT2D eigenvalue weighted by molar-refractivity contribution is -0.0634. The van der Waals surface area contributed by atoms with Crippen molar-refractivity contribution in [2.24, 2.45) is 4.99 Å². The molecule has 0 fully saturated rings. The van der Waals surface area contributed by atoms with Gasteiger partial charge >= 0.3 is 5.97 Å². The van der Waals surface area contributed by atoms with Crippen molar-refractivity contribution in [1.82, 2.24) is 4.98 Å². The molecule has 10 heteroatoms. The molecule has 0 saturated carbocycles. The number of likely N-dealkylation sites (N-methyl/N-ethyl adjacent to an activating group) is 1. The first-order chi connectivity index (χ1) is 14.5. The molecule has 30 heavy (non-hydrogen) atoms. The molecule has 0 atom stereocenters. The fourth-order valence-corrected chi connectivity index (χ4v) is 2.79. The van der Waals surface area contributed by atoms with Gasteiger partial charge in [0.05, 0.1) is 19.8 Å². The van der Waals surface area contributed by atoms with Gasteiger partial charge in [0.15, 0.2) is 22.9 Å². The van der Waals surface area contributed by atoms with Gasteiger partial charge in [-0.25, -0.2) is 14.8 Å². The lowest BCUT2D eigenvalue weighted by Crippen LogP contribution is -2.24. The summed E-state index contributed by atoms with van der Waals surface area (Å²) in [5.41, 5.74) is 1.11. The normalized spacial score (nSPS) is 13.7. The number of aromatic nitrogens is 1. The van der Waals surface area contributed by atoms with E-state index in [9.17, 15) is 15.0 Å². The second kappa shape index (κ2) is 10.0. The summed E-state index contributed by atoms with van der Waals surface area (Å²) < 4.78 is 21.1. The first-order valence-corrected chi connectivity index (χ1v) is 9.18.